The van der Waals surface area contributed by atoms with Crippen LogP contribution in [-0.2, 0) is 0 Å². The van der Waals surface area contributed by atoms with Crippen molar-refractivity contribution < 1.29 is 19.1 Å². The summed E-state index contributed by atoms with van der Waals surface area (Å²) in [6.45, 7) is 3.83. The molecule has 1 saturated heterocycles. The van der Waals surface area contributed by atoms with Gasteiger partial charge < -0.3 is 19.3 Å². The largest absolute Gasteiger partial charge is 0.496 e. The molecule has 0 aliphatic carbocycles. The molecule has 4 rings (SSSR count). The molecule has 0 saturated carbocycles. The van der Waals surface area contributed by atoms with Crippen molar-refractivity contribution in [3.8, 4) is 22.1 Å². The van der Waals surface area contributed by atoms with Gasteiger partial charge in [0.25, 0.3) is 11.8 Å². The van der Waals surface area contributed by atoms with Crippen molar-refractivity contribution in [1.82, 2.24) is 14.8 Å². The number of aryl methyl sites for hydroxylation is 1. The van der Waals surface area contributed by atoms with E-state index in [2.05, 4.69) is 4.98 Å². The third kappa shape index (κ3) is 4.31. The average Bonchev–Trinajstić information content (AvgIpc) is 3.33. The molecular formula is C24H25N3O4S. The van der Waals surface area contributed by atoms with E-state index < -0.39 is 0 Å². The number of carbonyl (C=O) groups is 2. The predicted molar refractivity (Wildman–Crippen MR) is 124 cm³/mol. The number of methoxy groups -OCH3 is 2. The van der Waals surface area contributed by atoms with Crippen molar-refractivity contribution in [2.75, 3.05) is 40.4 Å². The van der Waals surface area contributed by atoms with Gasteiger partial charge in [0, 0.05) is 37.1 Å². The van der Waals surface area contributed by atoms with E-state index in [-0.39, 0.29) is 11.8 Å². The number of para-hydroxylation sites is 1. The number of amides is 2. The van der Waals surface area contributed by atoms with Crippen LogP contribution in [0.3, 0.4) is 0 Å². The van der Waals surface area contributed by atoms with E-state index in [4.69, 9.17) is 9.47 Å². The zero-order valence-electron chi connectivity index (χ0n) is 18.3. The normalized spacial score (nSPS) is 13.7. The van der Waals surface area contributed by atoms with E-state index in [0.29, 0.717) is 43.2 Å². The van der Waals surface area contributed by atoms with Gasteiger partial charge in [0.05, 0.1) is 19.8 Å². The lowest BCUT2D eigenvalue weighted by molar-refractivity contribution is 0.0532. The Bertz CT molecular complexity index is 1140. The number of carbonyl (C=O) groups excluding carboxylic acids is 2. The summed E-state index contributed by atoms with van der Waals surface area (Å²) in [6, 6.07) is 13.1. The maximum Gasteiger partial charge on any atom is 0.273 e. The Labute approximate surface area is 191 Å². The minimum absolute atomic E-state index is 0.0532. The van der Waals surface area contributed by atoms with Crippen LogP contribution in [0.1, 0.15) is 26.4 Å². The highest BCUT2D eigenvalue weighted by molar-refractivity contribution is 7.13. The molecule has 1 aliphatic heterocycles. The molecule has 3 aromatic rings. The molecule has 32 heavy (non-hydrogen) atoms. The number of aromatic nitrogens is 1. The number of ether oxygens (including phenoxy) is 2. The molecule has 0 bridgehead atoms. The molecule has 1 aromatic heterocycles. The molecule has 0 atom stereocenters. The van der Waals surface area contributed by atoms with Gasteiger partial charge in [-0.2, -0.15) is 0 Å². The lowest BCUT2D eigenvalue weighted by Crippen LogP contribution is -2.50. The summed E-state index contributed by atoms with van der Waals surface area (Å²) in [5.74, 6) is 1.24. The van der Waals surface area contributed by atoms with Crippen LogP contribution in [-0.4, -0.2) is 67.0 Å². The first-order valence-corrected chi connectivity index (χ1v) is 11.2. The molecule has 1 aliphatic rings. The number of thiazole rings is 1. The Morgan fingerprint density at radius 1 is 0.906 bits per heavy atom. The van der Waals surface area contributed by atoms with Crippen LogP contribution in [0.5, 0.6) is 11.5 Å². The lowest BCUT2D eigenvalue weighted by Gasteiger charge is -2.34. The molecule has 2 amide bonds. The average molecular weight is 452 g/mol. The third-order valence-electron chi connectivity index (χ3n) is 5.57. The van der Waals surface area contributed by atoms with Crippen molar-refractivity contribution in [2.24, 2.45) is 0 Å². The molecule has 0 radical (unpaired) electrons. The van der Waals surface area contributed by atoms with Crippen molar-refractivity contribution in [3.63, 3.8) is 0 Å². The topological polar surface area (TPSA) is 72.0 Å². The van der Waals surface area contributed by atoms with Gasteiger partial charge in [-0.3, -0.25) is 9.59 Å². The van der Waals surface area contributed by atoms with Crippen LogP contribution >= 0.6 is 11.3 Å². The fourth-order valence-electron chi connectivity index (χ4n) is 3.73. The molecule has 1 fully saturated rings. The molecule has 0 unspecified atom stereocenters. The predicted octanol–water partition coefficient (Wildman–Crippen LogP) is 3.73. The summed E-state index contributed by atoms with van der Waals surface area (Å²) < 4.78 is 10.7. The molecule has 2 aromatic carbocycles. The van der Waals surface area contributed by atoms with E-state index in [9.17, 15) is 9.59 Å². The van der Waals surface area contributed by atoms with Crippen molar-refractivity contribution >= 4 is 23.2 Å². The number of rotatable bonds is 5. The van der Waals surface area contributed by atoms with Crippen LogP contribution in [0.15, 0.2) is 47.8 Å². The minimum atomic E-state index is -0.119. The summed E-state index contributed by atoms with van der Waals surface area (Å²) >= 11 is 1.42. The van der Waals surface area contributed by atoms with Crippen molar-refractivity contribution in [3.05, 3.63) is 64.7 Å². The molecule has 0 spiro atoms. The third-order valence-corrected chi connectivity index (χ3v) is 6.45. The standard InChI is InChI=1S/C24H25N3O4S/c1-16-8-9-17(14-21(16)31-3)23(28)26-10-12-27(13-11-26)24(29)19-15-32-22(25-19)18-6-4-5-7-20(18)30-2/h4-9,14-15H,10-13H2,1-3H3. The van der Waals surface area contributed by atoms with Crippen molar-refractivity contribution in [2.45, 2.75) is 6.92 Å². The fraction of sp³-hybridized carbons (Fsp3) is 0.292. The van der Waals surface area contributed by atoms with Crippen LogP contribution in [0.25, 0.3) is 10.6 Å². The zero-order valence-corrected chi connectivity index (χ0v) is 19.1. The molecule has 2 heterocycles. The summed E-state index contributed by atoms with van der Waals surface area (Å²) in [4.78, 5) is 33.9. The van der Waals surface area contributed by atoms with E-state index in [1.165, 1.54) is 11.3 Å². The number of benzene rings is 2. The molecule has 0 N–H and O–H groups in total. The van der Waals surface area contributed by atoms with Gasteiger partial charge in [0.15, 0.2) is 0 Å². The molecular weight excluding hydrogens is 426 g/mol. The van der Waals surface area contributed by atoms with Gasteiger partial charge in [0.1, 0.15) is 22.2 Å². The Kier molecular flexibility index (Phi) is 6.41. The summed E-state index contributed by atoms with van der Waals surface area (Å²) in [7, 11) is 3.21. The van der Waals surface area contributed by atoms with Gasteiger partial charge in [-0.05, 0) is 36.8 Å². The van der Waals surface area contributed by atoms with Crippen LogP contribution < -0.4 is 9.47 Å². The lowest BCUT2D eigenvalue weighted by atomic mass is 10.1. The highest BCUT2D eigenvalue weighted by Crippen LogP contribution is 2.32. The second kappa shape index (κ2) is 9.40. The number of hydrogen-bond acceptors (Lipinski definition) is 6. The summed E-state index contributed by atoms with van der Waals surface area (Å²) in [5, 5.41) is 2.52. The highest BCUT2D eigenvalue weighted by atomic mass is 32.1. The maximum absolute atomic E-state index is 13.0. The zero-order chi connectivity index (χ0) is 22.7. The Balaban J connectivity index is 1.41. The number of nitrogens with zero attached hydrogens (tertiary/aromatic N) is 3. The number of hydrogen-bond donors (Lipinski definition) is 0. The first-order chi connectivity index (χ1) is 15.5. The first kappa shape index (κ1) is 21.8. The van der Waals surface area contributed by atoms with Gasteiger partial charge in [-0.25, -0.2) is 4.98 Å². The Morgan fingerprint density at radius 3 is 2.25 bits per heavy atom. The van der Waals surface area contributed by atoms with Crippen LogP contribution in [0, 0.1) is 6.92 Å². The Hall–Kier alpha value is -3.39. The second-order valence-electron chi connectivity index (χ2n) is 7.51. The van der Waals surface area contributed by atoms with Crippen molar-refractivity contribution in [1.29, 1.82) is 0 Å². The van der Waals surface area contributed by atoms with Crippen LogP contribution in [0.4, 0.5) is 0 Å². The van der Waals surface area contributed by atoms with Gasteiger partial charge in [-0.1, -0.05) is 18.2 Å². The smallest absolute Gasteiger partial charge is 0.273 e. The highest BCUT2D eigenvalue weighted by Gasteiger charge is 2.27. The molecule has 166 valence electrons. The first-order valence-electron chi connectivity index (χ1n) is 10.3. The van der Waals surface area contributed by atoms with Gasteiger partial charge >= 0.3 is 0 Å². The molecule has 7 nitrogen and oxygen atoms in total. The van der Waals surface area contributed by atoms with E-state index in [1.54, 1.807) is 35.5 Å². The maximum atomic E-state index is 13.0. The second-order valence-corrected chi connectivity index (χ2v) is 8.37. The van der Waals surface area contributed by atoms with E-state index in [0.717, 1.165) is 21.9 Å². The summed E-state index contributed by atoms with van der Waals surface area (Å²) in [6.07, 6.45) is 0. The monoisotopic (exact) mass is 451 g/mol. The number of piperazine rings is 1. The van der Waals surface area contributed by atoms with E-state index in [1.807, 2.05) is 43.3 Å². The Morgan fingerprint density at radius 2 is 1.56 bits per heavy atom. The fourth-order valence-corrected chi connectivity index (χ4v) is 4.55. The van der Waals surface area contributed by atoms with Gasteiger partial charge in [0.2, 0.25) is 0 Å². The summed E-state index contributed by atoms with van der Waals surface area (Å²) in [5.41, 5.74) is 2.85. The minimum Gasteiger partial charge on any atom is -0.496 e. The quantitative estimate of drug-likeness (QED) is 0.591. The SMILES string of the molecule is COc1cc(C(=O)N2CCN(C(=O)c3csc(-c4ccccc4OC)n3)CC2)ccc1C. The van der Waals surface area contributed by atoms with Crippen LogP contribution in [0.2, 0.25) is 0 Å². The van der Waals surface area contributed by atoms with Gasteiger partial charge in [-0.15, -0.1) is 11.3 Å². The van der Waals surface area contributed by atoms with E-state index >= 15 is 0 Å². The molecule has 8 heteroatoms.